The fourth-order valence-corrected chi connectivity index (χ4v) is 4.28. The summed E-state index contributed by atoms with van der Waals surface area (Å²) in [5.74, 6) is -0.0290. The van der Waals surface area contributed by atoms with Gasteiger partial charge in [-0.3, -0.25) is 9.69 Å². The summed E-state index contributed by atoms with van der Waals surface area (Å²) in [5.41, 5.74) is 4.07. The van der Waals surface area contributed by atoms with E-state index >= 15 is 0 Å². The maximum atomic E-state index is 12.5. The van der Waals surface area contributed by atoms with E-state index < -0.39 is 0 Å². The van der Waals surface area contributed by atoms with Crippen molar-refractivity contribution in [2.24, 2.45) is 0 Å². The van der Waals surface area contributed by atoms with Crippen LogP contribution in [0.25, 0.3) is 10.6 Å². The first-order chi connectivity index (χ1) is 14.1. The Balaban J connectivity index is 1.59. The second-order valence-electron chi connectivity index (χ2n) is 6.81. The maximum absolute atomic E-state index is 12.5. The van der Waals surface area contributed by atoms with Crippen LogP contribution in [0.15, 0.2) is 53.9 Å². The van der Waals surface area contributed by atoms with E-state index in [-0.39, 0.29) is 12.3 Å². The van der Waals surface area contributed by atoms with Gasteiger partial charge in [0, 0.05) is 24.0 Å². The quantitative estimate of drug-likeness (QED) is 0.512. The van der Waals surface area contributed by atoms with Gasteiger partial charge in [-0.15, -0.1) is 11.3 Å². The van der Waals surface area contributed by atoms with Gasteiger partial charge in [-0.2, -0.15) is 0 Å². The molecular formula is C23H26ClN3OS. The molecule has 1 amide bonds. The van der Waals surface area contributed by atoms with Gasteiger partial charge in [0.15, 0.2) is 0 Å². The summed E-state index contributed by atoms with van der Waals surface area (Å²) in [6, 6.07) is 15.9. The lowest BCUT2D eigenvalue weighted by Crippen LogP contribution is -2.27. The number of rotatable bonds is 9. The Morgan fingerprint density at radius 2 is 1.76 bits per heavy atom. The SMILES string of the molecule is CCN(CC)Cc1ccccc1CNC(=O)Cc1csc(-c2ccccc2Cl)n1. The molecule has 3 aromatic rings. The van der Waals surface area contributed by atoms with Gasteiger partial charge in [-0.25, -0.2) is 4.98 Å². The Morgan fingerprint density at radius 1 is 1.07 bits per heavy atom. The molecule has 3 rings (SSSR count). The molecule has 0 aliphatic carbocycles. The smallest absolute Gasteiger partial charge is 0.226 e. The molecule has 2 aromatic carbocycles. The van der Waals surface area contributed by atoms with E-state index in [0.29, 0.717) is 11.6 Å². The van der Waals surface area contributed by atoms with E-state index in [9.17, 15) is 4.79 Å². The van der Waals surface area contributed by atoms with E-state index in [0.717, 1.165) is 41.5 Å². The molecule has 0 spiro atoms. The van der Waals surface area contributed by atoms with E-state index in [1.54, 1.807) is 0 Å². The number of hydrogen-bond acceptors (Lipinski definition) is 4. The fraction of sp³-hybridized carbons (Fsp3) is 0.304. The summed E-state index contributed by atoms with van der Waals surface area (Å²) in [6.07, 6.45) is 0.263. The highest BCUT2D eigenvalue weighted by Crippen LogP contribution is 2.30. The molecule has 4 nitrogen and oxygen atoms in total. The largest absolute Gasteiger partial charge is 0.352 e. The molecule has 1 aromatic heterocycles. The van der Waals surface area contributed by atoms with Crippen LogP contribution in [0.4, 0.5) is 0 Å². The zero-order valence-electron chi connectivity index (χ0n) is 16.8. The number of benzene rings is 2. The molecule has 6 heteroatoms. The Bertz CT molecular complexity index is 953. The number of nitrogens with zero attached hydrogens (tertiary/aromatic N) is 2. The van der Waals surface area contributed by atoms with Gasteiger partial charge in [-0.05, 0) is 30.3 Å². The number of nitrogens with one attached hydrogen (secondary N) is 1. The molecule has 1 N–H and O–H groups in total. The van der Waals surface area contributed by atoms with Crippen molar-refractivity contribution in [3.05, 3.63) is 75.8 Å². The molecule has 0 atom stereocenters. The number of aromatic nitrogens is 1. The predicted molar refractivity (Wildman–Crippen MR) is 121 cm³/mol. The van der Waals surface area contributed by atoms with Crippen molar-refractivity contribution in [2.75, 3.05) is 13.1 Å². The fourth-order valence-electron chi connectivity index (χ4n) is 3.14. The number of carbonyl (C=O) groups excluding carboxylic acids is 1. The molecule has 0 aliphatic rings. The van der Waals surface area contributed by atoms with Gasteiger partial charge < -0.3 is 5.32 Å². The lowest BCUT2D eigenvalue weighted by molar-refractivity contribution is -0.120. The highest BCUT2D eigenvalue weighted by molar-refractivity contribution is 7.13. The van der Waals surface area contributed by atoms with Crippen molar-refractivity contribution in [1.29, 1.82) is 0 Å². The molecule has 0 unspecified atom stereocenters. The first-order valence-electron chi connectivity index (χ1n) is 9.85. The molecule has 0 bridgehead atoms. The van der Waals surface area contributed by atoms with Crippen LogP contribution in [0.2, 0.25) is 5.02 Å². The van der Waals surface area contributed by atoms with Crippen LogP contribution in [0.1, 0.15) is 30.7 Å². The Hall–Kier alpha value is -2.21. The van der Waals surface area contributed by atoms with Gasteiger partial charge in [-0.1, -0.05) is 67.9 Å². The number of amides is 1. The minimum Gasteiger partial charge on any atom is -0.352 e. The monoisotopic (exact) mass is 427 g/mol. The van der Waals surface area contributed by atoms with Crippen LogP contribution >= 0.6 is 22.9 Å². The van der Waals surface area contributed by atoms with Crippen molar-refractivity contribution in [2.45, 2.75) is 33.4 Å². The normalized spacial score (nSPS) is 11.0. The summed E-state index contributed by atoms with van der Waals surface area (Å²) in [7, 11) is 0. The number of thiazole rings is 1. The van der Waals surface area contributed by atoms with E-state index in [1.165, 1.54) is 16.9 Å². The molecule has 1 heterocycles. The van der Waals surface area contributed by atoms with Gasteiger partial charge in [0.2, 0.25) is 5.91 Å². The first kappa shape index (κ1) is 21.5. The molecule has 0 fully saturated rings. The molecular weight excluding hydrogens is 402 g/mol. The first-order valence-corrected chi connectivity index (χ1v) is 11.1. The zero-order chi connectivity index (χ0) is 20.6. The number of carbonyl (C=O) groups is 1. The van der Waals surface area contributed by atoms with Gasteiger partial charge >= 0.3 is 0 Å². The highest BCUT2D eigenvalue weighted by atomic mass is 35.5. The minimum atomic E-state index is -0.0290. The van der Waals surface area contributed by atoms with Crippen molar-refractivity contribution >= 4 is 28.8 Å². The number of hydrogen-bond donors (Lipinski definition) is 1. The van der Waals surface area contributed by atoms with E-state index in [1.807, 2.05) is 35.7 Å². The molecule has 0 saturated carbocycles. The Morgan fingerprint density at radius 3 is 2.48 bits per heavy atom. The van der Waals surface area contributed by atoms with Crippen LogP contribution in [0, 0.1) is 0 Å². The van der Waals surface area contributed by atoms with Gasteiger partial charge in [0.05, 0.1) is 17.1 Å². The molecule has 29 heavy (non-hydrogen) atoms. The zero-order valence-corrected chi connectivity index (χ0v) is 18.4. The van der Waals surface area contributed by atoms with Crippen molar-refractivity contribution in [3.63, 3.8) is 0 Å². The molecule has 0 radical (unpaired) electrons. The number of halogens is 1. The second-order valence-corrected chi connectivity index (χ2v) is 8.07. The van der Waals surface area contributed by atoms with Crippen LogP contribution in [0.3, 0.4) is 0 Å². The summed E-state index contributed by atoms with van der Waals surface area (Å²) in [5, 5.41) is 6.47. The summed E-state index contributed by atoms with van der Waals surface area (Å²) in [6.45, 7) is 7.77. The third-order valence-electron chi connectivity index (χ3n) is 4.88. The average molecular weight is 428 g/mol. The van der Waals surface area contributed by atoms with Crippen molar-refractivity contribution in [3.8, 4) is 10.6 Å². The summed E-state index contributed by atoms with van der Waals surface area (Å²) < 4.78 is 0. The van der Waals surface area contributed by atoms with Gasteiger partial charge in [0.1, 0.15) is 5.01 Å². The average Bonchev–Trinajstić information content (AvgIpc) is 3.19. The maximum Gasteiger partial charge on any atom is 0.226 e. The highest BCUT2D eigenvalue weighted by Gasteiger charge is 2.12. The van der Waals surface area contributed by atoms with Crippen molar-refractivity contribution < 1.29 is 4.79 Å². The third kappa shape index (κ3) is 5.89. The lowest BCUT2D eigenvalue weighted by Gasteiger charge is -2.20. The molecule has 0 saturated heterocycles. The van der Waals surface area contributed by atoms with Crippen LogP contribution in [-0.2, 0) is 24.3 Å². The van der Waals surface area contributed by atoms with Crippen LogP contribution in [-0.4, -0.2) is 28.9 Å². The van der Waals surface area contributed by atoms with Gasteiger partial charge in [0.25, 0.3) is 0 Å². The Labute approximate surface area is 181 Å². The molecule has 0 aliphatic heterocycles. The summed E-state index contributed by atoms with van der Waals surface area (Å²) in [4.78, 5) is 19.4. The standard InChI is InChI=1S/C23H26ClN3OS/c1-3-27(4-2)15-18-10-6-5-9-17(18)14-25-22(28)13-19-16-29-23(26-19)20-11-7-8-12-21(20)24/h5-12,16H,3-4,13-15H2,1-2H3,(H,25,28). The predicted octanol–water partition coefficient (Wildman–Crippen LogP) is 5.16. The summed E-state index contributed by atoms with van der Waals surface area (Å²) >= 11 is 7.75. The minimum absolute atomic E-state index is 0.0290. The van der Waals surface area contributed by atoms with E-state index in [2.05, 4.69) is 47.2 Å². The van der Waals surface area contributed by atoms with Crippen LogP contribution in [0.5, 0.6) is 0 Å². The lowest BCUT2D eigenvalue weighted by atomic mass is 10.1. The molecule has 152 valence electrons. The van der Waals surface area contributed by atoms with Crippen molar-refractivity contribution in [1.82, 2.24) is 15.2 Å². The van der Waals surface area contributed by atoms with E-state index in [4.69, 9.17) is 11.6 Å². The third-order valence-corrected chi connectivity index (χ3v) is 6.13. The second kappa shape index (κ2) is 10.5. The topological polar surface area (TPSA) is 45.2 Å². The van der Waals surface area contributed by atoms with Crippen LogP contribution < -0.4 is 5.32 Å². The Kier molecular flexibility index (Phi) is 7.81.